The summed E-state index contributed by atoms with van der Waals surface area (Å²) in [4.78, 5) is 39.4. The first-order valence-corrected chi connectivity index (χ1v) is 5.97. The molecular formula is C10H10N2O5S. The maximum Gasteiger partial charge on any atom is 0.351 e. The molecule has 0 spiro atoms. The molecule has 1 aliphatic rings. The van der Waals surface area contributed by atoms with Crippen LogP contribution in [-0.2, 0) is 14.3 Å². The summed E-state index contributed by atoms with van der Waals surface area (Å²) in [5.74, 6) is -2.54. The highest BCUT2D eigenvalue weighted by atomic mass is 32.1. The summed E-state index contributed by atoms with van der Waals surface area (Å²) < 4.78 is 4.58. The Morgan fingerprint density at radius 1 is 1.61 bits per heavy atom. The summed E-state index contributed by atoms with van der Waals surface area (Å²) in [5.41, 5.74) is 1.42. The SMILES string of the molecule is COC(=O)c1scnc1N1CC(C(=O)O)CC1=O. The maximum atomic E-state index is 11.7. The minimum absolute atomic E-state index is 0.0297. The summed E-state index contributed by atoms with van der Waals surface area (Å²) in [7, 11) is 1.23. The topological polar surface area (TPSA) is 96.8 Å². The number of anilines is 1. The van der Waals surface area contributed by atoms with Crippen LogP contribution in [0.5, 0.6) is 0 Å². The molecule has 1 aromatic rings. The average molecular weight is 270 g/mol. The van der Waals surface area contributed by atoms with Crippen LogP contribution in [0.3, 0.4) is 0 Å². The Morgan fingerprint density at radius 2 is 2.33 bits per heavy atom. The third-order valence-electron chi connectivity index (χ3n) is 2.65. The smallest absolute Gasteiger partial charge is 0.351 e. The molecule has 1 saturated heterocycles. The lowest BCUT2D eigenvalue weighted by Gasteiger charge is -2.14. The van der Waals surface area contributed by atoms with E-state index in [1.807, 2.05) is 0 Å². The third kappa shape index (κ3) is 2.06. The largest absolute Gasteiger partial charge is 0.481 e. The Labute approximate surface area is 106 Å². The first kappa shape index (κ1) is 12.5. The average Bonchev–Trinajstić information content (AvgIpc) is 2.93. The molecule has 2 heterocycles. The first-order chi connectivity index (χ1) is 8.54. The molecule has 7 nitrogen and oxygen atoms in total. The minimum Gasteiger partial charge on any atom is -0.481 e. The van der Waals surface area contributed by atoms with E-state index in [2.05, 4.69) is 9.72 Å². The van der Waals surface area contributed by atoms with Crippen molar-refractivity contribution in [2.45, 2.75) is 6.42 Å². The van der Waals surface area contributed by atoms with Crippen molar-refractivity contribution in [3.8, 4) is 0 Å². The van der Waals surface area contributed by atoms with Crippen LogP contribution in [-0.4, -0.2) is 41.6 Å². The standard InChI is InChI=1S/C10H10N2O5S/c1-17-10(16)7-8(11-4-18-7)12-3-5(9(14)15)2-6(12)13/h4-5H,2-3H2,1H3,(H,14,15). The van der Waals surface area contributed by atoms with Crippen molar-refractivity contribution in [1.82, 2.24) is 4.98 Å². The highest BCUT2D eigenvalue weighted by Crippen LogP contribution is 2.29. The van der Waals surface area contributed by atoms with Crippen molar-refractivity contribution < 1.29 is 24.2 Å². The van der Waals surface area contributed by atoms with Crippen LogP contribution in [0.15, 0.2) is 5.51 Å². The summed E-state index contributed by atoms with van der Waals surface area (Å²) >= 11 is 1.05. The van der Waals surface area contributed by atoms with Crippen molar-refractivity contribution in [2.24, 2.45) is 5.92 Å². The Bertz CT molecular complexity index is 512. The number of ether oxygens (including phenoxy) is 1. The second-order valence-corrected chi connectivity index (χ2v) is 4.60. The van der Waals surface area contributed by atoms with Gasteiger partial charge in [-0.3, -0.25) is 14.5 Å². The number of aromatic nitrogens is 1. The quantitative estimate of drug-likeness (QED) is 0.797. The Balaban J connectivity index is 2.28. The van der Waals surface area contributed by atoms with Crippen molar-refractivity contribution in [3.05, 3.63) is 10.4 Å². The van der Waals surface area contributed by atoms with Crippen molar-refractivity contribution in [2.75, 3.05) is 18.6 Å². The lowest BCUT2D eigenvalue weighted by atomic mass is 10.1. The fourth-order valence-electron chi connectivity index (χ4n) is 1.74. The molecule has 96 valence electrons. The molecule has 1 fully saturated rings. The molecule has 1 atom stereocenters. The van der Waals surface area contributed by atoms with E-state index in [-0.39, 0.29) is 29.6 Å². The van der Waals surface area contributed by atoms with Crippen molar-refractivity contribution in [1.29, 1.82) is 0 Å². The zero-order valence-electron chi connectivity index (χ0n) is 9.45. The van der Waals surface area contributed by atoms with Gasteiger partial charge in [0.05, 0.1) is 18.5 Å². The highest BCUT2D eigenvalue weighted by molar-refractivity contribution is 7.12. The fraction of sp³-hybridized carbons (Fsp3) is 0.400. The van der Waals surface area contributed by atoms with Crippen LogP contribution in [0.25, 0.3) is 0 Å². The number of methoxy groups -OCH3 is 1. The number of carbonyl (C=O) groups is 3. The molecule has 1 amide bonds. The molecule has 1 unspecified atom stereocenters. The number of carboxylic acid groups (broad SMARTS) is 1. The van der Waals surface area contributed by atoms with E-state index in [0.717, 1.165) is 11.3 Å². The monoisotopic (exact) mass is 270 g/mol. The Hall–Kier alpha value is -1.96. The first-order valence-electron chi connectivity index (χ1n) is 5.09. The molecule has 8 heteroatoms. The summed E-state index contributed by atoms with van der Waals surface area (Å²) in [6.07, 6.45) is -0.0759. The molecule has 0 radical (unpaired) electrons. The zero-order chi connectivity index (χ0) is 13.3. The van der Waals surface area contributed by atoms with Gasteiger partial charge in [-0.05, 0) is 0 Å². The van der Waals surface area contributed by atoms with E-state index >= 15 is 0 Å². The predicted molar refractivity (Wildman–Crippen MR) is 61.5 cm³/mol. The van der Waals surface area contributed by atoms with Crippen LogP contribution in [0, 0.1) is 5.92 Å². The number of nitrogens with zero attached hydrogens (tertiary/aromatic N) is 2. The number of carbonyl (C=O) groups excluding carboxylic acids is 2. The van der Waals surface area contributed by atoms with Gasteiger partial charge in [-0.1, -0.05) is 0 Å². The van der Waals surface area contributed by atoms with Gasteiger partial charge in [0.15, 0.2) is 10.7 Å². The summed E-state index contributed by atoms with van der Waals surface area (Å²) in [5, 5.41) is 8.88. The van der Waals surface area contributed by atoms with Crippen LogP contribution in [0.1, 0.15) is 16.1 Å². The number of hydrogen-bond acceptors (Lipinski definition) is 6. The van der Waals surface area contributed by atoms with Gasteiger partial charge in [-0.25, -0.2) is 9.78 Å². The molecule has 0 bridgehead atoms. The summed E-state index contributed by atoms with van der Waals surface area (Å²) in [6, 6.07) is 0. The second-order valence-electron chi connectivity index (χ2n) is 3.74. The van der Waals surface area contributed by atoms with Gasteiger partial charge in [-0.2, -0.15) is 0 Å². The molecular weight excluding hydrogens is 260 g/mol. The molecule has 18 heavy (non-hydrogen) atoms. The number of amides is 1. The molecule has 1 aromatic heterocycles. The number of rotatable bonds is 3. The lowest BCUT2D eigenvalue weighted by Crippen LogP contribution is -2.27. The van der Waals surface area contributed by atoms with Crippen LogP contribution < -0.4 is 4.90 Å². The van der Waals surface area contributed by atoms with Gasteiger partial charge >= 0.3 is 11.9 Å². The van der Waals surface area contributed by atoms with Crippen LogP contribution in [0.2, 0.25) is 0 Å². The highest BCUT2D eigenvalue weighted by Gasteiger charge is 2.37. The normalized spacial score (nSPS) is 19.1. The summed E-state index contributed by atoms with van der Waals surface area (Å²) in [6.45, 7) is 0.0297. The van der Waals surface area contributed by atoms with Gasteiger partial charge in [-0.15, -0.1) is 11.3 Å². The van der Waals surface area contributed by atoms with Gasteiger partial charge in [0, 0.05) is 13.0 Å². The molecule has 0 saturated carbocycles. The predicted octanol–water partition coefficient (Wildman–Crippen LogP) is 0.367. The zero-order valence-corrected chi connectivity index (χ0v) is 10.3. The number of aliphatic carboxylic acids is 1. The minimum atomic E-state index is -1.03. The second kappa shape index (κ2) is 4.73. The van der Waals surface area contributed by atoms with E-state index in [1.165, 1.54) is 17.5 Å². The number of carboxylic acids is 1. The molecule has 1 N–H and O–H groups in total. The van der Waals surface area contributed by atoms with E-state index in [1.54, 1.807) is 0 Å². The number of thiazole rings is 1. The lowest BCUT2D eigenvalue weighted by molar-refractivity contribution is -0.141. The van der Waals surface area contributed by atoms with E-state index in [9.17, 15) is 14.4 Å². The molecule has 1 aliphatic heterocycles. The van der Waals surface area contributed by atoms with Gasteiger partial charge in [0.25, 0.3) is 0 Å². The van der Waals surface area contributed by atoms with Crippen LogP contribution in [0.4, 0.5) is 5.82 Å². The van der Waals surface area contributed by atoms with Crippen molar-refractivity contribution >= 4 is 35.0 Å². The molecule has 0 aromatic carbocycles. The Morgan fingerprint density at radius 3 is 2.89 bits per heavy atom. The molecule has 0 aliphatic carbocycles. The maximum absolute atomic E-state index is 11.7. The Kier molecular flexibility index (Phi) is 3.28. The van der Waals surface area contributed by atoms with Gasteiger partial charge < -0.3 is 9.84 Å². The van der Waals surface area contributed by atoms with Gasteiger partial charge in [0.1, 0.15) is 0 Å². The van der Waals surface area contributed by atoms with E-state index in [0.29, 0.717) is 0 Å². The number of esters is 1. The van der Waals surface area contributed by atoms with Crippen LogP contribution >= 0.6 is 11.3 Å². The molecule has 2 rings (SSSR count). The van der Waals surface area contributed by atoms with Gasteiger partial charge in [0.2, 0.25) is 5.91 Å². The van der Waals surface area contributed by atoms with E-state index in [4.69, 9.17) is 5.11 Å². The van der Waals surface area contributed by atoms with Crippen molar-refractivity contribution in [3.63, 3.8) is 0 Å². The number of hydrogen-bond donors (Lipinski definition) is 1. The van der Waals surface area contributed by atoms with E-state index < -0.39 is 17.9 Å². The fourth-order valence-corrected chi connectivity index (χ4v) is 2.45. The third-order valence-corrected chi connectivity index (χ3v) is 3.45.